The molecule has 0 radical (unpaired) electrons. The first-order valence-corrected chi connectivity index (χ1v) is 8.45. The largest absolute Gasteiger partial charge is 0.430 e. The molecule has 0 atom stereocenters. The summed E-state index contributed by atoms with van der Waals surface area (Å²) in [5, 5.41) is -1.94. The molecule has 0 saturated carbocycles. The highest BCUT2D eigenvalue weighted by Gasteiger charge is 2.50. The Kier molecular flexibility index (Phi) is 4.09. The summed E-state index contributed by atoms with van der Waals surface area (Å²) in [5.41, 5.74) is -0.673. The van der Waals surface area contributed by atoms with E-state index < -0.39 is 40.7 Å². The Bertz CT molecular complexity index is 1010. The van der Waals surface area contributed by atoms with E-state index in [1.807, 2.05) is 0 Å². The summed E-state index contributed by atoms with van der Waals surface area (Å²) < 4.78 is 40.5. The molecule has 4 amide bonds. The van der Waals surface area contributed by atoms with Crippen molar-refractivity contribution in [1.82, 2.24) is 9.80 Å². The molecule has 0 aliphatic carbocycles. The van der Waals surface area contributed by atoms with Crippen molar-refractivity contribution in [3.63, 3.8) is 0 Å². The van der Waals surface area contributed by atoms with Crippen LogP contribution < -0.4 is 0 Å². The van der Waals surface area contributed by atoms with E-state index in [9.17, 15) is 32.3 Å². The van der Waals surface area contributed by atoms with Crippen LogP contribution in [0.3, 0.4) is 0 Å². The minimum atomic E-state index is -5.23. The van der Waals surface area contributed by atoms with E-state index in [4.69, 9.17) is 11.6 Å². The van der Waals surface area contributed by atoms with E-state index in [-0.39, 0.29) is 32.1 Å². The molecule has 0 bridgehead atoms. The van der Waals surface area contributed by atoms with E-state index in [1.54, 1.807) is 0 Å². The highest BCUT2D eigenvalue weighted by atomic mass is 35.5. The Morgan fingerprint density at radius 1 is 0.655 bits per heavy atom. The minimum Gasteiger partial charge on any atom is -0.268 e. The number of hydrogen-bond acceptors (Lipinski definition) is 4. The number of nitrogens with zero attached hydrogens (tertiary/aromatic N) is 2. The van der Waals surface area contributed by atoms with Gasteiger partial charge in [0.1, 0.15) is 0 Å². The van der Waals surface area contributed by atoms with Crippen molar-refractivity contribution in [2.24, 2.45) is 0 Å². The van der Waals surface area contributed by atoms with Gasteiger partial charge in [-0.25, -0.2) is 9.80 Å². The summed E-state index contributed by atoms with van der Waals surface area (Å²) in [7, 11) is 0. The van der Waals surface area contributed by atoms with Crippen LogP contribution in [0.4, 0.5) is 13.2 Å². The van der Waals surface area contributed by atoms with E-state index in [1.165, 1.54) is 48.5 Å². The average molecular weight is 421 g/mol. The topological polar surface area (TPSA) is 74.8 Å². The lowest BCUT2D eigenvalue weighted by Gasteiger charge is -2.26. The van der Waals surface area contributed by atoms with E-state index >= 15 is 0 Å². The molecule has 2 aromatic rings. The predicted octanol–water partition coefficient (Wildman–Crippen LogP) is 3.55. The molecule has 4 rings (SSSR count). The summed E-state index contributed by atoms with van der Waals surface area (Å²) >= 11 is 5.49. The first-order chi connectivity index (χ1) is 13.6. The number of carbonyl (C=O) groups excluding carboxylic acids is 4. The van der Waals surface area contributed by atoms with Crippen LogP contribution in [0.15, 0.2) is 59.4 Å². The highest BCUT2D eigenvalue weighted by Crippen LogP contribution is 2.40. The number of alkyl halides is 3. The van der Waals surface area contributed by atoms with Gasteiger partial charge in [0.2, 0.25) is 0 Å². The molecule has 0 fully saturated rings. The van der Waals surface area contributed by atoms with Crippen LogP contribution in [-0.4, -0.2) is 39.6 Å². The maximum absolute atomic E-state index is 13.5. The molecule has 2 aromatic carbocycles. The molecule has 146 valence electrons. The second kappa shape index (κ2) is 6.28. The zero-order valence-corrected chi connectivity index (χ0v) is 14.9. The van der Waals surface area contributed by atoms with Crippen molar-refractivity contribution in [3.8, 4) is 0 Å². The second-order valence-corrected chi connectivity index (χ2v) is 6.50. The third-order valence-electron chi connectivity index (χ3n) is 4.46. The number of carbonyl (C=O) groups is 4. The summed E-state index contributed by atoms with van der Waals surface area (Å²) in [4.78, 5) is 51.1. The fourth-order valence-corrected chi connectivity index (χ4v) is 3.36. The molecular formula is C19H8ClF3N2O4. The Morgan fingerprint density at radius 3 is 1.17 bits per heavy atom. The first kappa shape index (κ1) is 18.9. The molecule has 29 heavy (non-hydrogen) atoms. The van der Waals surface area contributed by atoms with Gasteiger partial charge in [0.15, 0.2) is 10.9 Å². The minimum absolute atomic E-state index is 0.113. The van der Waals surface area contributed by atoms with Gasteiger partial charge in [-0.3, -0.25) is 19.2 Å². The molecule has 6 nitrogen and oxygen atoms in total. The number of imide groups is 2. The van der Waals surface area contributed by atoms with Gasteiger partial charge in [0, 0.05) is 0 Å². The van der Waals surface area contributed by atoms with Gasteiger partial charge in [-0.2, -0.15) is 13.2 Å². The number of benzene rings is 2. The van der Waals surface area contributed by atoms with Gasteiger partial charge >= 0.3 is 6.18 Å². The molecule has 0 unspecified atom stereocenters. The summed E-state index contributed by atoms with van der Waals surface area (Å²) in [6.07, 6.45) is -5.23. The van der Waals surface area contributed by atoms with Crippen molar-refractivity contribution in [2.75, 3.05) is 0 Å². The van der Waals surface area contributed by atoms with Crippen LogP contribution in [0.1, 0.15) is 41.4 Å². The molecule has 0 aromatic heterocycles. The normalized spacial score (nSPS) is 15.7. The SMILES string of the molecule is O=C1c2ccccc2C(=O)N1C(=C(Cl)C(F)(F)F)N1C(=O)c2ccccc2C1=O. The maximum atomic E-state index is 13.5. The van der Waals surface area contributed by atoms with Crippen molar-refractivity contribution < 1.29 is 32.3 Å². The Balaban J connectivity index is 1.94. The lowest BCUT2D eigenvalue weighted by Crippen LogP contribution is -2.43. The Hall–Kier alpha value is -3.46. The van der Waals surface area contributed by atoms with E-state index in [2.05, 4.69) is 0 Å². The molecule has 2 heterocycles. The van der Waals surface area contributed by atoms with Crippen LogP contribution in [0, 0.1) is 0 Å². The number of rotatable bonds is 2. The maximum Gasteiger partial charge on any atom is 0.430 e. The number of allylic oxidation sites excluding steroid dienone is 1. The lowest BCUT2D eigenvalue weighted by molar-refractivity contribution is -0.0869. The number of hydrogen-bond donors (Lipinski definition) is 0. The molecule has 2 aliphatic heterocycles. The quantitative estimate of drug-likeness (QED) is 0.696. The highest BCUT2D eigenvalue weighted by molar-refractivity contribution is 6.33. The molecule has 0 saturated heterocycles. The van der Waals surface area contributed by atoms with Crippen molar-refractivity contribution in [3.05, 3.63) is 81.6 Å². The van der Waals surface area contributed by atoms with Gasteiger partial charge in [0.25, 0.3) is 23.6 Å². The standard InChI is InChI=1S/C19H8ClF3N2O4/c20-13(19(21,22)23)14(24-15(26)9-5-1-2-6-10(9)16(24)27)25-17(28)11-7-3-4-8-12(11)18(25)29/h1-8H. The molecule has 2 aliphatic rings. The number of fused-ring (bicyclic) bond motifs is 2. The smallest absolute Gasteiger partial charge is 0.268 e. The second-order valence-electron chi connectivity index (χ2n) is 6.12. The van der Waals surface area contributed by atoms with Crippen molar-refractivity contribution in [2.45, 2.75) is 6.18 Å². The zero-order valence-electron chi connectivity index (χ0n) is 14.2. The fraction of sp³-hybridized carbons (Fsp3) is 0.0526. The molecule has 10 heteroatoms. The van der Waals surface area contributed by atoms with Crippen LogP contribution >= 0.6 is 11.6 Å². The monoisotopic (exact) mass is 420 g/mol. The molecule has 0 N–H and O–H groups in total. The van der Waals surface area contributed by atoms with E-state index in [0.717, 1.165) is 0 Å². The van der Waals surface area contributed by atoms with Gasteiger partial charge in [-0.15, -0.1) is 0 Å². The van der Waals surface area contributed by atoms with Crippen LogP contribution in [0.2, 0.25) is 0 Å². The Labute approximate surface area is 165 Å². The van der Waals surface area contributed by atoms with Gasteiger partial charge in [-0.05, 0) is 24.3 Å². The van der Waals surface area contributed by atoms with E-state index in [0.29, 0.717) is 0 Å². The Morgan fingerprint density at radius 2 is 0.931 bits per heavy atom. The van der Waals surface area contributed by atoms with Crippen molar-refractivity contribution >= 4 is 35.2 Å². The van der Waals surface area contributed by atoms with Crippen molar-refractivity contribution in [1.29, 1.82) is 0 Å². The lowest BCUT2D eigenvalue weighted by atomic mass is 10.1. The predicted molar refractivity (Wildman–Crippen MR) is 92.8 cm³/mol. The van der Waals surface area contributed by atoms with Crippen LogP contribution in [0.5, 0.6) is 0 Å². The van der Waals surface area contributed by atoms with Gasteiger partial charge in [-0.1, -0.05) is 35.9 Å². The third-order valence-corrected chi connectivity index (χ3v) is 4.84. The average Bonchev–Trinajstić information content (AvgIpc) is 3.09. The molecular weight excluding hydrogens is 413 g/mol. The fourth-order valence-electron chi connectivity index (χ4n) is 3.19. The summed E-state index contributed by atoms with van der Waals surface area (Å²) in [5.74, 6) is -5.84. The van der Waals surface area contributed by atoms with Crippen LogP contribution in [-0.2, 0) is 0 Å². The van der Waals surface area contributed by atoms with Gasteiger partial charge in [0.05, 0.1) is 22.3 Å². The number of amides is 4. The third kappa shape index (κ3) is 2.65. The summed E-state index contributed by atoms with van der Waals surface area (Å²) in [6, 6.07) is 10.7. The van der Waals surface area contributed by atoms with Crippen LogP contribution in [0.25, 0.3) is 0 Å². The van der Waals surface area contributed by atoms with Gasteiger partial charge < -0.3 is 0 Å². The first-order valence-electron chi connectivity index (χ1n) is 8.07. The zero-order chi connectivity index (χ0) is 21.1. The molecule has 0 spiro atoms. The summed E-state index contributed by atoms with van der Waals surface area (Å²) in [6.45, 7) is 0. The number of halogens is 4.